The minimum atomic E-state index is -0.0373. The summed E-state index contributed by atoms with van der Waals surface area (Å²) < 4.78 is 1.00. The number of nitrogens with two attached hydrogens (primary N) is 1. The van der Waals surface area contributed by atoms with Crippen molar-refractivity contribution in [3.8, 4) is 0 Å². The van der Waals surface area contributed by atoms with E-state index >= 15 is 0 Å². The highest BCUT2D eigenvalue weighted by atomic mass is 79.9. The first-order valence-electron chi connectivity index (χ1n) is 7.64. The maximum Gasteiger partial charge on any atom is 0.226 e. The highest BCUT2D eigenvalue weighted by molar-refractivity contribution is 9.10. The number of amides is 1. The molecule has 0 spiro atoms. The van der Waals surface area contributed by atoms with E-state index < -0.39 is 0 Å². The second kappa shape index (κ2) is 8.17. The molecule has 6 heteroatoms. The molecule has 0 atom stereocenters. The van der Waals surface area contributed by atoms with Crippen molar-refractivity contribution in [2.24, 2.45) is 16.6 Å². The normalized spacial score (nSPS) is 15.3. The highest BCUT2D eigenvalue weighted by Crippen LogP contribution is 2.26. The van der Waals surface area contributed by atoms with Crippen LogP contribution in [0.4, 0.5) is 5.69 Å². The second-order valence-electron chi connectivity index (χ2n) is 5.71. The number of carbonyl (C=O) groups excluding carboxylic acids is 1. The summed E-state index contributed by atoms with van der Waals surface area (Å²) in [6.07, 6.45) is 4.18. The van der Waals surface area contributed by atoms with Crippen LogP contribution in [0.15, 0.2) is 27.7 Å². The van der Waals surface area contributed by atoms with Gasteiger partial charge in [-0.15, -0.1) is 0 Å². The van der Waals surface area contributed by atoms with Gasteiger partial charge in [0, 0.05) is 29.7 Å². The summed E-state index contributed by atoms with van der Waals surface area (Å²) in [6, 6.07) is 5.77. The van der Waals surface area contributed by atoms with Crippen molar-refractivity contribution in [1.29, 1.82) is 0 Å². The van der Waals surface area contributed by atoms with Crippen molar-refractivity contribution >= 4 is 33.5 Å². The Morgan fingerprint density at radius 3 is 2.86 bits per heavy atom. The SMILES string of the molecule is Cc1cc(Br)ccc1NC(=O)CCNC(N)=NCC1CCC1. The zero-order valence-electron chi connectivity index (χ0n) is 12.9. The molecule has 5 nitrogen and oxygen atoms in total. The average molecular weight is 367 g/mol. The van der Waals surface area contributed by atoms with E-state index in [9.17, 15) is 4.79 Å². The lowest BCUT2D eigenvalue weighted by atomic mass is 9.86. The first-order chi connectivity index (χ1) is 10.5. The van der Waals surface area contributed by atoms with Crippen LogP contribution in [0.5, 0.6) is 0 Å². The predicted molar refractivity (Wildman–Crippen MR) is 94.0 cm³/mol. The second-order valence-corrected chi connectivity index (χ2v) is 6.62. The third-order valence-electron chi connectivity index (χ3n) is 3.87. The summed E-state index contributed by atoms with van der Waals surface area (Å²) in [5.41, 5.74) is 7.64. The lowest BCUT2D eigenvalue weighted by Gasteiger charge is -2.23. The molecule has 1 aliphatic rings. The largest absolute Gasteiger partial charge is 0.370 e. The number of nitrogens with one attached hydrogen (secondary N) is 2. The molecule has 0 unspecified atom stereocenters. The van der Waals surface area contributed by atoms with Gasteiger partial charge in [0.15, 0.2) is 5.96 Å². The summed E-state index contributed by atoms with van der Waals surface area (Å²) in [7, 11) is 0. The Balaban J connectivity index is 1.68. The van der Waals surface area contributed by atoms with Gasteiger partial charge in [0.05, 0.1) is 0 Å². The molecule has 0 saturated heterocycles. The van der Waals surface area contributed by atoms with Crippen LogP contribution in [0.25, 0.3) is 0 Å². The average Bonchev–Trinajstić information content (AvgIpc) is 2.40. The summed E-state index contributed by atoms with van der Waals surface area (Å²) in [5.74, 6) is 1.09. The number of hydrogen-bond donors (Lipinski definition) is 3. The third-order valence-corrected chi connectivity index (χ3v) is 4.36. The Hall–Kier alpha value is -1.56. The number of halogens is 1. The Morgan fingerprint density at radius 1 is 1.45 bits per heavy atom. The molecule has 0 heterocycles. The van der Waals surface area contributed by atoms with Crippen molar-refractivity contribution in [2.75, 3.05) is 18.4 Å². The Kier molecular flexibility index (Phi) is 6.24. The maximum atomic E-state index is 11.9. The van der Waals surface area contributed by atoms with Crippen molar-refractivity contribution < 1.29 is 4.79 Å². The predicted octanol–water partition coefficient (Wildman–Crippen LogP) is 2.79. The molecule has 120 valence electrons. The van der Waals surface area contributed by atoms with E-state index in [-0.39, 0.29) is 5.91 Å². The van der Waals surface area contributed by atoms with Crippen LogP contribution < -0.4 is 16.4 Å². The maximum absolute atomic E-state index is 11.9. The molecule has 4 N–H and O–H groups in total. The fourth-order valence-electron chi connectivity index (χ4n) is 2.24. The van der Waals surface area contributed by atoms with Crippen molar-refractivity contribution in [3.63, 3.8) is 0 Å². The van der Waals surface area contributed by atoms with Gasteiger partial charge in [-0.25, -0.2) is 0 Å². The van der Waals surface area contributed by atoms with Gasteiger partial charge in [0.1, 0.15) is 0 Å². The monoisotopic (exact) mass is 366 g/mol. The number of hydrogen-bond acceptors (Lipinski definition) is 2. The van der Waals surface area contributed by atoms with E-state index in [0.717, 1.165) is 22.3 Å². The van der Waals surface area contributed by atoms with Crippen molar-refractivity contribution in [2.45, 2.75) is 32.6 Å². The lowest BCUT2D eigenvalue weighted by Crippen LogP contribution is -2.34. The number of guanidine groups is 1. The van der Waals surface area contributed by atoms with E-state index in [1.165, 1.54) is 19.3 Å². The standard InChI is InChI=1S/C16H23BrN4O/c1-11-9-13(17)5-6-14(11)21-15(22)7-8-19-16(18)20-10-12-3-2-4-12/h5-6,9,12H,2-4,7-8,10H2,1H3,(H,21,22)(H3,18,19,20). The quantitative estimate of drug-likeness (QED) is 0.534. The van der Waals surface area contributed by atoms with E-state index in [4.69, 9.17) is 5.73 Å². The number of rotatable bonds is 6. The molecule has 0 aliphatic heterocycles. The molecule has 1 aromatic rings. The summed E-state index contributed by atoms with van der Waals surface area (Å²) in [4.78, 5) is 16.2. The third kappa shape index (κ3) is 5.33. The minimum Gasteiger partial charge on any atom is -0.370 e. The van der Waals surface area contributed by atoms with Gasteiger partial charge in [0.2, 0.25) is 5.91 Å². The van der Waals surface area contributed by atoms with Crippen LogP contribution in [0.2, 0.25) is 0 Å². The van der Waals surface area contributed by atoms with Crippen LogP contribution in [0.1, 0.15) is 31.2 Å². The molecular formula is C16H23BrN4O. The Bertz CT molecular complexity index is 555. The number of nitrogens with zero attached hydrogens (tertiary/aromatic N) is 1. The van der Waals surface area contributed by atoms with Crippen LogP contribution >= 0.6 is 15.9 Å². The summed E-state index contributed by atoms with van der Waals surface area (Å²) >= 11 is 3.40. The van der Waals surface area contributed by atoms with Crippen LogP contribution in [-0.4, -0.2) is 25.0 Å². The molecule has 0 radical (unpaired) electrons. The molecular weight excluding hydrogens is 344 g/mol. The Morgan fingerprint density at radius 2 is 2.23 bits per heavy atom. The van der Waals surface area contributed by atoms with Gasteiger partial charge in [-0.2, -0.15) is 0 Å². The van der Waals surface area contributed by atoms with E-state index in [1.54, 1.807) is 0 Å². The number of carbonyl (C=O) groups is 1. The van der Waals surface area contributed by atoms with Gasteiger partial charge < -0.3 is 16.4 Å². The van der Waals surface area contributed by atoms with Crippen molar-refractivity contribution in [1.82, 2.24) is 5.32 Å². The van der Waals surface area contributed by atoms with Crippen LogP contribution in [-0.2, 0) is 4.79 Å². The molecule has 1 amide bonds. The first-order valence-corrected chi connectivity index (χ1v) is 8.43. The zero-order chi connectivity index (χ0) is 15.9. The zero-order valence-corrected chi connectivity index (χ0v) is 14.4. The van der Waals surface area contributed by atoms with E-state index in [2.05, 4.69) is 31.6 Å². The van der Waals surface area contributed by atoms with E-state index in [1.807, 2.05) is 25.1 Å². The minimum absolute atomic E-state index is 0.0373. The van der Waals surface area contributed by atoms with Gasteiger partial charge in [-0.1, -0.05) is 22.4 Å². The summed E-state index contributed by atoms with van der Waals surface area (Å²) in [6.45, 7) is 3.24. The van der Waals surface area contributed by atoms with Crippen LogP contribution in [0, 0.1) is 12.8 Å². The molecule has 1 saturated carbocycles. The fraction of sp³-hybridized carbons (Fsp3) is 0.500. The molecule has 0 aromatic heterocycles. The molecule has 2 rings (SSSR count). The fourth-order valence-corrected chi connectivity index (χ4v) is 2.72. The lowest BCUT2D eigenvalue weighted by molar-refractivity contribution is -0.116. The van der Waals surface area contributed by atoms with Gasteiger partial charge in [-0.05, 0) is 49.4 Å². The van der Waals surface area contributed by atoms with Crippen LogP contribution in [0.3, 0.4) is 0 Å². The van der Waals surface area contributed by atoms with Gasteiger partial charge >= 0.3 is 0 Å². The number of aryl methyl sites for hydroxylation is 1. The molecule has 1 aliphatic carbocycles. The molecule has 0 bridgehead atoms. The number of anilines is 1. The molecule has 1 fully saturated rings. The van der Waals surface area contributed by atoms with Gasteiger partial charge in [0.25, 0.3) is 0 Å². The van der Waals surface area contributed by atoms with Gasteiger partial charge in [-0.3, -0.25) is 9.79 Å². The van der Waals surface area contributed by atoms with E-state index in [0.29, 0.717) is 24.8 Å². The highest BCUT2D eigenvalue weighted by Gasteiger charge is 2.16. The first kappa shape index (κ1) is 16.8. The topological polar surface area (TPSA) is 79.5 Å². The van der Waals surface area contributed by atoms with Crippen molar-refractivity contribution in [3.05, 3.63) is 28.2 Å². The number of benzene rings is 1. The molecule has 1 aromatic carbocycles. The molecule has 22 heavy (non-hydrogen) atoms. The number of aliphatic imine (C=N–C) groups is 1. The summed E-state index contributed by atoms with van der Waals surface area (Å²) in [5, 5.41) is 5.89. The Labute approximate surface area is 139 Å². The smallest absolute Gasteiger partial charge is 0.226 e.